The second-order valence-electron chi connectivity index (χ2n) is 6.06. The molecule has 2 aromatic rings. The zero-order valence-electron chi connectivity index (χ0n) is 13.8. The van der Waals surface area contributed by atoms with E-state index in [-0.39, 0.29) is 0 Å². The molecule has 0 radical (unpaired) electrons. The van der Waals surface area contributed by atoms with Gasteiger partial charge in [0.1, 0.15) is 5.75 Å². The van der Waals surface area contributed by atoms with Crippen LogP contribution >= 0.6 is 0 Å². The number of nitrogens with zero attached hydrogens (tertiary/aromatic N) is 4. The van der Waals surface area contributed by atoms with Crippen molar-refractivity contribution in [3.63, 3.8) is 0 Å². The van der Waals surface area contributed by atoms with Gasteiger partial charge in [0, 0.05) is 43.6 Å². The molecule has 0 unspecified atom stereocenters. The molecule has 5 heteroatoms. The highest BCUT2D eigenvalue weighted by Gasteiger charge is 2.31. The monoisotopic (exact) mass is 300 g/mol. The van der Waals surface area contributed by atoms with E-state index in [0.29, 0.717) is 6.04 Å². The summed E-state index contributed by atoms with van der Waals surface area (Å²) in [6.07, 6.45) is 4.38. The molecule has 0 spiro atoms. The van der Waals surface area contributed by atoms with E-state index in [1.54, 1.807) is 7.11 Å². The van der Waals surface area contributed by atoms with Gasteiger partial charge in [-0.25, -0.2) is 0 Å². The van der Waals surface area contributed by atoms with Crippen molar-refractivity contribution in [2.75, 3.05) is 7.11 Å². The highest BCUT2D eigenvalue weighted by Crippen LogP contribution is 2.32. The molecule has 3 rings (SSSR count). The molecule has 0 aromatic carbocycles. The first kappa shape index (κ1) is 15.0. The molecule has 0 saturated heterocycles. The van der Waals surface area contributed by atoms with E-state index >= 15 is 0 Å². The van der Waals surface area contributed by atoms with E-state index < -0.39 is 0 Å². The Labute approximate surface area is 131 Å². The molecule has 0 N–H and O–H groups in total. The summed E-state index contributed by atoms with van der Waals surface area (Å²) in [5.74, 6) is 0.868. The number of hydrogen-bond acceptors (Lipinski definition) is 4. The van der Waals surface area contributed by atoms with Crippen LogP contribution in [0, 0.1) is 13.8 Å². The van der Waals surface area contributed by atoms with E-state index in [2.05, 4.69) is 28.8 Å². The third-order valence-electron chi connectivity index (χ3n) is 4.50. The molecule has 1 saturated carbocycles. The molecule has 0 bridgehead atoms. The van der Waals surface area contributed by atoms with Gasteiger partial charge in [-0.2, -0.15) is 5.10 Å². The third kappa shape index (κ3) is 2.99. The van der Waals surface area contributed by atoms with E-state index in [1.165, 1.54) is 24.1 Å². The van der Waals surface area contributed by atoms with Crippen LogP contribution in [0.4, 0.5) is 0 Å². The molecule has 0 atom stereocenters. The first-order valence-corrected chi connectivity index (χ1v) is 7.81. The second-order valence-corrected chi connectivity index (χ2v) is 6.06. The van der Waals surface area contributed by atoms with E-state index in [9.17, 15) is 0 Å². The molecule has 1 aliphatic rings. The SMILES string of the molecule is COc1cccnc1CN(Cc1c(C)nn(C)c1C)C1CC1. The smallest absolute Gasteiger partial charge is 0.141 e. The summed E-state index contributed by atoms with van der Waals surface area (Å²) >= 11 is 0. The standard InChI is InChI=1S/C17H24N4O/c1-12-15(13(2)20(3)19-12)10-21(14-7-8-14)11-16-17(22-4)6-5-9-18-16/h5-6,9,14H,7-8,10-11H2,1-4H3. The van der Waals surface area contributed by atoms with Gasteiger partial charge in [-0.15, -0.1) is 0 Å². The van der Waals surface area contributed by atoms with E-state index in [4.69, 9.17) is 4.74 Å². The topological polar surface area (TPSA) is 43.2 Å². The fourth-order valence-electron chi connectivity index (χ4n) is 2.92. The Bertz CT molecular complexity index is 661. The van der Waals surface area contributed by atoms with Crippen molar-refractivity contribution in [1.29, 1.82) is 0 Å². The number of hydrogen-bond donors (Lipinski definition) is 0. The number of ether oxygens (including phenoxy) is 1. The van der Waals surface area contributed by atoms with Gasteiger partial charge in [0.05, 0.1) is 18.5 Å². The first-order chi connectivity index (χ1) is 10.6. The van der Waals surface area contributed by atoms with Gasteiger partial charge in [-0.3, -0.25) is 14.6 Å². The van der Waals surface area contributed by atoms with Crippen LogP contribution in [0.25, 0.3) is 0 Å². The van der Waals surface area contributed by atoms with Crippen LogP contribution in [0.1, 0.15) is 35.5 Å². The van der Waals surface area contributed by atoms with Gasteiger partial charge in [0.25, 0.3) is 0 Å². The van der Waals surface area contributed by atoms with Crippen LogP contribution in [0.15, 0.2) is 18.3 Å². The van der Waals surface area contributed by atoms with Gasteiger partial charge in [0.2, 0.25) is 0 Å². The van der Waals surface area contributed by atoms with Gasteiger partial charge in [-0.1, -0.05) is 0 Å². The molecule has 1 fully saturated rings. The quantitative estimate of drug-likeness (QED) is 0.822. The number of pyridine rings is 1. The lowest BCUT2D eigenvalue weighted by atomic mass is 10.1. The Morgan fingerprint density at radius 3 is 2.68 bits per heavy atom. The molecule has 0 amide bonds. The van der Waals surface area contributed by atoms with Crippen molar-refractivity contribution in [2.24, 2.45) is 7.05 Å². The van der Waals surface area contributed by atoms with Gasteiger partial charge < -0.3 is 4.74 Å². The zero-order chi connectivity index (χ0) is 15.7. The van der Waals surface area contributed by atoms with Crippen LogP contribution in [0.3, 0.4) is 0 Å². The maximum Gasteiger partial charge on any atom is 0.141 e. The third-order valence-corrected chi connectivity index (χ3v) is 4.50. The minimum absolute atomic E-state index is 0.658. The van der Waals surface area contributed by atoms with Gasteiger partial charge in [-0.05, 0) is 38.8 Å². The summed E-state index contributed by atoms with van der Waals surface area (Å²) in [6, 6.07) is 4.55. The predicted molar refractivity (Wildman–Crippen MR) is 85.7 cm³/mol. The molecule has 5 nitrogen and oxygen atoms in total. The van der Waals surface area contributed by atoms with Crippen molar-refractivity contribution in [3.05, 3.63) is 41.0 Å². The lowest BCUT2D eigenvalue weighted by Gasteiger charge is -2.22. The minimum Gasteiger partial charge on any atom is -0.495 e. The lowest BCUT2D eigenvalue weighted by molar-refractivity contribution is 0.237. The molecular weight excluding hydrogens is 276 g/mol. The first-order valence-electron chi connectivity index (χ1n) is 7.81. The maximum absolute atomic E-state index is 5.44. The lowest BCUT2D eigenvalue weighted by Crippen LogP contribution is -2.26. The zero-order valence-corrected chi connectivity index (χ0v) is 13.8. The highest BCUT2D eigenvalue weighted by atomic mass is 16.5. The number of methoxy groups -OCH3 is 1. The van der Waals surface area contributed by atoms with Crippen molar-refractivity contribution in [1.82, 2.24) is 19.7 Å². The molecular formula is C17H24N4O. The van der Waals surface area contributed by atoms with Gasteiger partial charge >= 0.3 is 0 Å². The Kier molecular flexibility index (Phi) is 4.16. The summed E-state index contributed by atoms with van der Waals surface area (Å²) in [5.41, 5.74) is 4.72. The molecule has 0 aliphatic heterocycles. The van der Waals surface area contributed by atoms with Crippen LogP contribution < -0.4 is 4.74 Å². The highest BCUT2D eigenvalue weighted by molar-refractivity contribution is 5.28. The number of aromatic nitrogens is 3. The van der Waals surface area contributed by atoms with Crippen LogP contribution in [-0.4, -0.2) is 32.8 Å². The van der Waals surface area contributed by atoms with E-state index in [1.807, 2.05) is 30.1 Å². The maximum atomic E-state index is 5.44. The molecule has 1 aliphatic carbocycles. The fraction of sp³-hybridized carbons (Fsp3) is 0.529. The Balaban J connectivity index is 1.82. The van der Waals surface area contributed by atoms with Crippen molar-refractivity contribution >= 4 is 0 Å². The minimum atomic E-state index is 0.658. The summed E-state index contributed by atoms with van der Waals surface area (Å²) in [7, 11) is 3.71. The number of rotatable bonds is 6. The Morgan fingerprint density at radius 2 is 2.09 bits per heavy atom. The number of aryl methyl sites for hydroxylation is 2. The molecule has 2 aromatic heterocycles. The average Bonchev–Trinajstić information content (AvgIpc) is 3.32. The van der Waals surface area contributed by atoms with Crippen molar-refractivity contribution in [2.45, 2.75) is 45.8 Å². The molecule has 118 valence electrons. The predicted octanol–water partition coefficient (Wildman–Crippen LogP) is 2.61. The van der Waals surface area contributed by atoms with Crippen molar-refractivity contribution in [3.8, 4) is 5.75 Å². The summed E-state index contributed by atoms with van der Waals surface area (Å²) in [6.45, 7) is 5.98. The van der Waals surface area contributed by atoms with Crippen molar-refractivity contribution < 1.29 is 4.74 Å². The largest absolute Gasteiger partial charge is 0.495 e. The van der Waals surface area contributed by atoms with Crippen LogP contribution in [0.2, 0.25) is 0 Å². The summed E-state index contributed by atoms with van der Waals surface area (Å²) in [4.78, 5) is 7.01. The molecule has 22 heavy (non-hydrogen) atoms. The average molecular weight is 300 g/mol. The fourth-order valence-corrected chi connectivity index (χ4v) is 2.92. The van der Waals surface area contributed by atoms with Gasteiger partial charge in [0.15, 0.2) is 0 Å². The second kappa shape index (κ2) is 6.08. The van der Waals surface area contributed by atoms with E-state index in [0.717, 1.165) is 30.2 Å². The normalized spacial score (nSPS) is 14.6. The summed E-state index contributed by atoms with van der Waals surface area (Å²) < 4.78 is 7.41. The molecule has 2 heterocycles. The Morgan fingerprint density at radius 1 is 1.32 bits per heavy atom. The van der Waals surface area contributed by atoms with Crippen LogP contribution in [0.5, 0.6) is 5.75 Å². The van der Waals surface area contributed by atoms with Crippen LogP contribution in [-0.2, 0) is 20.1 Å². The summed E-state index contributed by atoms with van der Waals surface area (Å²) in [5, 5.41) is 4.53. The Hall–Kier alpha value is -1.88.